The van der Waals surface area contributed by atoms with E-state index in [4.69, 9.17) is 18.9 Å². The number of methoxy groups -OCH3 is 3. The Bertz CT molecular complexity index is 823. The van der Waals surface area contributed by atoms with Crippen LogP contribution in [0.25, 0.3) is 0 Å². The third-order valence-corrected chi connectivity index (χ3v) is 11.4. The summed E-state index contributed by atoms with van der Waals surface area (Å²) in [6.45, 7) is 6.53. The lowest BCUT2D eigenvalue weighted by atomic mass is 9.43. The maximum absolute atomic E-state index is 12.6. The Morgan fingerprint density at radius 3 is 2.58 bits per heavy atom. The second-order valence-corrected chi connectivity index (χ2v) is 12.0. The molecular formula is C26H41NO6. The van der Waals surface area contributed by atoms with Crippen molar-refractivity contribution < 1.29 is 28.8 Å². The van der Waals surface area contributed by atoms with Crippen molar-refractivity contribution in [3.05, 3.63) is 0 Å². The molecule has 1 heterocycles. The maximum atomic E-state index is 12.6. The molecule has 0 aromatic carbocycles. The SMILES string of the molecule is CCN1C[C@@]2(COC)CC[C@@H](OC)[C@@]34[C@@H]1[C@@H](C[C@@H]23)[C@]1(O)C[C@@H](OC)[C@@H]2C[C@H]4[C@H]1[C@H]2OC(C)=O. The number of hydrogen-bond donors (Lipinski definition) is 1. The van der Waals surface area contributed by atoms with E-state index < -0.39 is 5.60 Å². The Labute approximate surface area is 197 Å². The molecule has 0 aromatic rings. The van der Waals surface area contributed by atoms with Crippen molar-refractivity contribution in [1.29, 1.82) is 0 Å². The molecule has 1 N–H and O–H groups in total. The van der Waals surface area contributed by atoms with Crippen molar-refractivity contribution in [2.75, 3.05) is 41.0 Å². The number of likely N-dealkylation sites (tertiary alicyclic amines) is 1. The Morgan fingerprint density at radius 2 is 1.94 bits per heavy atom. The van der Waals surface area contributed by atoms with Gasteiger partial charge in [-0.2, -0.15) is 0 Å². The molecule has 12 atom stereocenters. The molecule has 1 saturated heterocycles. The van der Waals surface area contributed by atoms with Gasteiger partial charge in [0.25, 0.3) is 0 Å². The van der Waals surface area contributed by atoms with Crippen molar-refractivity contribution in [1.82, 2.24) is 4.90 Å². The number of rotatable bonds is 6. The zero-order valence-corrected chi connectivity index (χ0v) is 20.8. The van der Waals surface area contributed by atoms with Crippen LogP contribution in [-0.2, 0) is 23.7 Å². The van der Waals surface area contributed by atoms with Gasteiger partial charge in [0.2, 0.25) is 0 Å². The summed E-state index contributed by atoms with van der Waals surface area (Å²) in [5.41, 5.74) is -0.840. The number of hydrogen-bond acceptors (Lipinski definition) is 7. The molecule has 186 valence electrons. The summed E-state index contributed by atoms with van der Waals surface area (Å²) in [4.78, 5) is 14.9. The third-order valence-electron chi connectivity index (χ3n) is 11.4. The summed E-state index contributed by atoms with van der Waals surface area (Å²) in [7, 11) is 5.46. The normalized spacial score (nSPS) is 56.1. The predicted octanol–water partition coefficient (Wildman–Crippen LogP) is 2.10. The van der Waals surface area contributed by atoms with Crippen LogP contribution in [0.2, 0.25) is 0 Å². The fourth-order valence-electron chi connectivity index (χ4n) is 11.0. The minimum Gasteiger partial charge on any atom is -0.462 e. The monoisotopic (exact) mass is 463 g/mol. The fraction of sp³-hybridized carbons (Fsp3) is 0.962. The maximum Gasteiger partial charge on any atom is 0.302 e. The molecule has 7 nitrogen and oxygen atoms in total. The van der Waals surface area contributed by atoms with Gasteiger partial charge in [0.05, 0.1) is 24.4 Å². The van der Waals surface area contributed by atoms with E-state index in [0.29, 0.717) is 18.4 Å². The minimum absolute atomic E-state index is 0.0445. The minimum atomic E-state index is -0.888. The fourth-order valence-corrected chi connectivity index (χ4v) is 11.0. The van der Waals surface area contributed by atoms with Crippen LogP contribution in [0.1, 0.15) is 46.0 Å². The van der Waals surface area contributed by atoms with E-state index in [2.05, 4.69) is 11.8 Å². The summed E-state index contributed by atoms with van der Waals surface area (Å²) < 4.78 is 24.3. The topological polar surface area (TPSA) is 77.5 Å². The Hall–Kier alpha value is -0.730. The molecule has 7 heteroatoms. The number of aliphatic hydroxyl groups is 1. The van der Waals surface area contributed by atoms with Crippen LogP contribution in [0.5, 0.6) is 0 Å². The quantitative estimate of drug-likeness (QED) is 0.605. The van der Waals surface area contributed by atoms with E-state index >= 15 is 0 Å². The van der Waals surface area contributed by atoms with Gasteiger partial charge in [0.15, 0.2) is 0 Å². The highest BCUT2D eigenvalue weighted by Crippen LogP contribution is 2.79. The molecule has 0 amide bonds. The van der Waals surface area contributed by atoms with Gasteiger partial charge in [-0.05, 0) is 44.1 Å². The molecule has 6 aliphatic rings. The summed E-state index contributed by atoms with van der Waals surface area (Å²) in [6.07, 6.45) is 4.52. The number of piperidine rings is 1. The van der Waals surface area contributed by atoms with Gasteiger partial charge < -0.3 is 24.1 Å². The van der Waals surface area contributed by atoms with Crippen molar-refractivity contribution in [3.63, 3.8) is 0 Å². The molecule has 6 rings (SSSR count). The lowest BCUT2D eigenvalue weighted by Crippen LogP contribution is -2.76. The number of ether oxygens (including phenoxy) is 4. The largest absolute Gasteiger partial charge is 0.462 e. The highest BCUT2D eigenvalue weighted by molar-refractivity contribution is 5.66. The Balaban J connectivity index is 1.57. The smallest absolute Gasteiger partial charge is 0.302 e. The summed E-state index contributed by atoms with van der Waals surface area (Å²) in [6, 6.07) is 0.293. The molecule has 1 aliphatic heterocycles. The van der Waals surface area contributed by atoms with E-state index in [1.54, 1.807) is 7.11 Å². The van der Waals surface area contributed by atoms with Gasteiger partial charge in [0.1, 0.15) is 6.10 Å². The zero-order chi connectivity index (χ0) is 23.3. The first kappa shape index (κ1) is 22.7. The molecule has 5 aliphatic carbocycles. The Kier molecular flexibility index (Phi) is 5.09. The van der Waals surface area contributed by atoms with Crippen LogP contribution in [-0.4, -0.2) is 87.0 Å². The predicted molar refractivity (Wildman–Crippen MR) is 120 cm³/mol. The average molecular weight is 464 g/mol. The molecule has 0 unspecified atom stereocenters. The Morgan fingerprint density at radius 1 is 1.15 bits per heavy atom. The molecule has 5 saturated carbocycles. The van der Waals surface area contributed by atoms with Gasteiger partial charge in [-0.3, -0.25) is 9.69 Å². The van der Waals surface area contributed by atoms with Crippen molar-refractivity contribution >= 4 is 5.97 Å². The number of nitrogens with zero attached hydrogens (tertiary/aromatic N) is 1. The van der Waals surface area contributed by atoms with E-state index in [-0.39, 0.29) is 58.8 Å². The molecular weight excluding hydrogens is 422 g/mol. The van der Waals surface area contributed by atoms with Crippen LogP contribution < -0.4 is 0 Å². The average Bonchev–Trinajstić information content (AvgIpc) is 3.22. The first-order chi connectivity index (χ1) is 15.8. The lowest BCUT2D eigenvalue weighted by molar-refractivity contribution is -0.277. The van der Waals surface area contributed by atoms with Crippen LogP contribution >= 0.6 is 0 Å². The van der Waals surface area contributed by atoms with Crippen LogP contribution in [0.15, 0.2) is 0 Å². The molecule has 6 fully saturated rings. The summed E-state index contributed by atoms with van der Waals surface area (Å²) in [5.74, 6) is 0.677. The highest BCUT2D eigenvalue weighted by Gasteiger charge is 2.84. The van der Waals surface area contributed by atoms with Gasteiger partial charge in [-0.1, -0.05) is 6.92 Å². The third kappa shape index (κ3) is 2.51. The first-order valence-electron chi connectivity index (χ1n) is 13.0. The van der Waals surface area contributed by atoms with E-state index in [1.807, 2.05) is 14.2 Å². The molecule has 0 radical (unpaired) electrons. The van der Waals surface area contributed by atoms with Gasteiger partial charge in [-0.25, -0.2) is 0 Å². The van der Waals surface area contributed by atoms with Crippen molar-refractivity contribution in [2.45, 2.75) is 75.9 Å². The lowest BCUT2D eigenvalue weighted by Gasteiger charge is -2.69. The molecule has 33 heavy (non-hydrogen) atoms. The molecule has 7 bridgehead atoms. The van der Waals surface area contributed by atoms with Gasteiger partial charge in [0, 0.05) is 75.8 Å². The van der Waals surface area contributed by atoms with Crippen LogP contribution in [0.3, 0.4) is 0 Å². The van der Waals surface area contributed by atoms with E-state index in [9.17, 15) is 9.90 Å². The second-order valence-electron chi connectivity index (χ2n) is 12.0. The van der Waals surface area contributed by atoms with Crippen LogP contribution in [0.4, 0.5) is 0 Å². The van der Waals surface area contributed by atoms with Gasteiger partial charge >= 0.3 is 5.97 Å². The molecule has 1 spiro atoms. The van der Waals surface area contributed by atoms with E-state index in [1.165, 1.54) is 6.92 Å². The zero-order valence-electron chi connectivity index (χ0n) is 20.8. The summed E-state index contributed by atoms with van der Waals surface area (Å²) >= 11 is 0. The molecule has 0 aromatic heterocycles. The van der Waals surface area contributed by atoms with E-state index in [0.717, 1.165) is 45.4 Å². The second kappa shape index (κ2) is 7.39. The first-order valence-corrected chi connectivity index (χ1v) is 13.0. The van der Waals surface area contributed by atoms with Crippen molar-refractivity contribution in [2.24, 2.45) is 40.4 Å². The number of esters is 1. The standard InChI is InChI=1S/C26H41NO6/c1-6-27-12-24(13-30-3)8-7-20(32-5)26-16-9-15-18(31-4)11-25(29,17(23(26)27)10-19(24)26)21(16)22(15)33-14(2)28/h15-23,29H,6-13H2,1-5H3/t15-,16-,17+,18+,19-,20+,21-,22-,23-,24+,25+,26-/m0/s1. The highest BCUT2D eigenvalue weighted by atomic mass is 16.5. The van der Waals surface area contributed by atoms with Gasteiger partial charge in [-0.15, -0.1) is 0 Å². The van der Waals surface area contributed by atoms with Crippen molar-refractivity contribution in [3.8, 4) is 0 Å². The number of carbonyl (C=O) groups excluding carboxylic acids is 1. The van der Waals surface area contributed by atoms with Crippen LogP contribution in [0, 0.1) is 40.4 Å². The number of fused-ring (bicyclic) bond motifs is 2. The number of carbonyl (C=O) groups is 1. The summed E-state index contributed by atoms with van der Waals surface area (Å²) in [5, 5.41) is 12.6.